The van der Waals surface area contributed by atoms with Crippen molar-refractivity contribution in [2.24, 2.45) is 0 Å². The van der Waals surface area contributed by atoms with Gasteiger partial charge >= 0.3 is 0 Å². The van der Waals surface area contributed by atoms with Gasteiger partial charge in [0, 0.05) is 33.9 Å². The first-order valence-corrected chi connectivity index (χ1v) is 5.62. The van der Waals surface area contributed by atoms with E-state index in [9.17, 15) is 10.1 Å². The lowest BCUT2D eigenvalue weighted by Crippen LogP contribution is -2.28. The van der Waals surface area contributed by atoms with Crippen LogP contribution in [0, 0.1) is 10.1 Å². The Morgan fingerprint density at radius 2 is 2.17 bits per heavy atom. The molecule has 18 heavy (non-hydrogen) atoms. The molecule has 0 bridgehead atoms. The second kappa shape index (κ2) is 6.20. The molecular formula is C11H15ClN4O2. The maximum atomic E-state index is 10.6. The fraction of sp³-hybridized carbons (Fsp3) is 0.364. The van der Waals surface area contributed by atoms with Gasteiger partial charge in [0.05, 0.1) is 4.92 Å². The second-order valence-corrected chi connectivity index (χ2v) is 4.40. The fourth-order valence-corrected chi connectivity index (χ4v) is 1.62. The van der Waals surface area contributed by atoms with Gasteiger partial charge in [0.25, 0.3) is 6.20 Å². The highest BCUT2D eigenvalue weighted by molar-refractivity contribution is 6.29. The molecule has 0 aromatic carbocycles. The Morgan fingerprint density at radius 1 is 1.50 bits per heavy atom. The third kappa shape index (κ3) is 4.21. The average Bonchev–Trinajstić information content (AvgIpc) is 2.28. The van der Waals surface area contributed by atoms with Crippen LogP contribution in [0.4, 0.5) is 0 Å². The smallest absolute Gasteiger partial charge is 0.274 e. The van der Waals surface area contributed by atoms with E-state index in [4.69, 9.17) is 11.6 Å². The third-order valence-electron chi connectivity index (χ3n) is 2.28. The summed E-state index contributed by atoms with van der Waals surface area (Å²) in [5.41, 5.74) is 0.929. The molecule has 0 saturated carbocycles. The number of hydrogen-bond donors (Lipinski definition) is 0. The first-order chi connectivity index (χ1) is 8.40. The lowest BCUT2D eigenvalue weighted by atomic mass is 10.3. The van der Waals surface area contributed by atoms with E-state index in [1.165, 1.54) is 0 Å². The predicted molar refractivity (Wildman–Crippen MR) is 69.5 cm³/mol. The van der Waals surface area contributed by atoms with Crippen molar-refractivity contribution in [1.29, 1.82) is 0 Å². The van der Waals surface area contributed by atoms with Gasteiger partial charge in [-0.15, -0.1) is 0 Å². The Bertz CT molecular complexity index is 445. The fourth-order valence-electron chi connectivity index (χ4n) is 1.50. The molecule has 1 aromatic heterocycles. The maximum absolute atomic E-state index is 10.6. The minimum Gasteiger partial charge on any atom is -0.359 e. The monoisotopic (exact) mass is 270 g/mol. The number of halogens is 1. The molecule has 0 spiro atoms. The maximum Gasteiger partial charge on any atom is 0.274 e. The molecule has 98 valence electrons. The van der Waals surface area contributed by atoms with Gasteiger partial charge in [-0.2, -0.15) is 0 Å². The summed E-state index contributed by atoms with van der Waals surface area (Å²) in [4.78, 5) is 17.5. The quantitative estimate of drug-likeness (QED) is 0.464. The van der Waals surface area contributed by atoms with Gasteiger partial charge in [0.15, 0.2) is 5.82 Å². The van der Waals surface area contributed by atoms with Crippen LogP contribution in [0.25, 0.3) is 0 Å². The number of pyridine rings is 1. The zero-order valence-corrected chi connectivity index (χ0v) is 11.3. The first-order valence-electron chi connectivity index (χ1n) is 5.24. The number of hydrogen-bond acceptors (Lipinski definition) is 5. The van der Waals surface area contributed by atoms with Crippen LogP contribution in [0.1, 0.15) is 5.56 Å². The normalized spacial score (nSPS) is 11.2. The Labute approximate surface area is 111 Å². The molecule has 0 aliphatic heterocycles. The number of aromatic nitrogens is 1. The lowest BCUT2D eigenvalue weighted by molar-refractivity contribution is -0.405. The van der Waals surface area contributed by atoms with E-state index in [1.54, 1.807) is 43.2 Å². The molecule has 0 fully saturated rings. The Balaban J connectivity index is 2.82. The highest BCUT2D eigenvalue weighted by atomic mass is 35.5. The van der Waals surface area contributed by atoms with Crippen LogP contribution < -0.4 is 0 Å². The van der Waals surface area contributed by atoms with Gasteiger partial charge < -0.3 is 9.80 Å². The standard InChI is InChI=1S/C11H15ClN4O2/c1-14(2)11(8-16(17)18)15(3)7-9-4-5-10(12)13-6-9/h4-6,8H,7H2,1-3H3/b11-8+. The third-order valence-corrected chi connectivity index (χ3v) is 2.50. The summed E-state index contributed by atoms with van der Waals surface area (Å²) in [6.07, 6.45) is 2.63. The van der Waals surface area contributed by atoms with Gasteiger partial charge in [0.2, 0.25) is 0 Å². The van der Waals surface area contributed by atoms with Crippen molar-refractivity contribution < 1.29 is 4.92 Å². The summed E-state index contributed by atoms with van der Waals surface area (Å²) < 4.78 is 0. The molecule has 0 N–H and O–H groups in total. The average molecular weight is 271 g/mol. The van der Waals surface area contributed by atoms with Gasteiger partial charge in [-0.3, -0.25) is 10.1 Å². The van der Waals surface area contributed by atoms with Gasteiger partial charge in [0.1, 0.15) is 5.15 Å². The SMILES string of the molecule is CN(C)/C(=C\[N+](=O)[O-])N(C)Cc1ccc(Cl)nc1. The zero-order chi connectivity index (χ0) is 13.7. The second-order valence-electron chi connectivity index (χ2n) is 4.01. The molecular weight excluding hydrogens is 256 g/mol. The Morgan fingerprint density at radius 3 is 2.61 bits per heavy atom. The van der Waals surface area contributed by atoms with Crippen molar-refractivity contribution in [1.82, 2.24) is 14.8 Å². The lowest BCUT2D eigenvalue weighted by Gasteiger charge is -2.25. The molecule has 7 heteroatoms. The van der Waals surface area contributed by atoms with E-state index in [-0.39, 0.29) is 0 Å². The number of nitrogens with zero attached hydrogens (tertiary/aromatic N) is 4. The molecule has 0 atom stereocenters. The van der Waals surface area contributed by atoms with Crippen LogP contribution in [-0.4, -0.2) is 40.9 Å². The largest absolute Gasteiger partial charge is 0.359 e. The van der Waals surface area contributed by atoms with E-state index >= 15 is 0 Å². The summed E-state index contributed by atoms with van der Waals surface area (Å²) in [6, 6.07) is 3.53. The zero-order valence-electron chi connectivity index (χ0n) is 10.5. The molecule has 0 aliphatic rings. The summed E-state index contributed by atoms with van der Waals surface area (Å²) in [5.74, 6) is 0.509. The summed E-state index contributed by atoms with van der Waals surface area (Å²) in [7, 11) is 5.29. The van der Waals surface area contributed by atoms with Crippen molar-refractivity contribution in [3.05, 3.63) is 51.2 Å². The highest BCUT2D eigenvalue weighted by Gasteiger charge is 2.12. The topological polar surface area (TPSA) is 62.5 Å². The van der Waals surface area contributed by atoms with Crippen LogP contribution in [0.5, 0.6) is 0 Å². The van der Waals surface area contributed by atoms with E-state index in [1.807, 2.05) is 6.07 Å². The molecule has 0 unspecified atom stereocenters. The Hall–Kier alpha value is -1.82. The first kappa shape index (κ1) is 14.2. The van der Waals surface area contributed by atoms with Crippen molar-refractivity contribution in [3.63, 3.8) is 0 Å². The minimum atomic E-state index is -0.466. The molecule has 1 rings (SSSR count). The summed E-state index contributed by atoms with van der Waals surface area (Å²) in [6.45, 7) is 0.516. The van der Waals surface area contributed by atoms with Crippen LogP contribution in [0.2, 0.25) is 5.15 Å². The molecule has 0 aliphatic carbocycles. The number of nitro groups is 1. The molecule has 1 heterocycles. The van der Waals surface area contributed by atoms with Crippen LogP contribution in [-0.2, 0) is 6.54 Å². The molecule has 6 nitrogen and oxygen atoms in total. The van der Waals surface area contributed by atoms with E-state index < -0.39 is 4.92 Å². The molecule has 0 amide bonds. The highest BCUT2D eigenvalue weighted by Crippen LogP contribution is 2.12. The minimum absolute atomic E-state index is 0.426. The number of rotatable bonds is 5. The Kier molecular flexibility index (Phi) is 4.91. The predicted octanol–water partition coefficient (Wildman–Crippen LogP) is 1.80. The van der Waals surface area contributed by atoms with Crippen molar-refractivity contribution in [2.75, 3.05) is 21.1 Å². The molecule has 0 saturated heterocycles. The van der Waals surface area contributed by atoms with Crippen molar-refractivity contribution >= 4 is 11.6 Å². The van der Waals surface area contributed by atoms with Crippen molar-refractivity contribution in [3.8, 4) is 0 Å². The van der Waals surface area contributed by atoms with Gasteiger partial charge in [-0.1, -0.05) is 17.7 Å². The van der Waals surface area contributed by atoms with E-state index in [0.717, 1.165) is 11.8 Å². The van der Waals surface area contributed by atoms with Gasteiger partial charge in [-0.05, 0) is 11.6 Å². The van der Waals surface area contributed by atoms with Gasteiger partial charge in [-0.25, -0.2) is 4.98 Å². The summed E-state index contributed by atoms with van der Waals surface area (Å²) >= 11 is 5.70. The van der Waals surface area contributed by atoms with E-state index in [0.29, 0.717) is 17.5 Å². The summed E-state index contributed by atoms with van der Waals surface area (Å²) in [5, 5.41) is 11.0. The van der Waals surface area contributed by atoms with E-state index in [2.05, 4.69) is 4.98 Å². The molecule has 0 radical (unpaired) electrons. The van der Waals surface area contributed by atoms with Crippen LogP contribution in [0.3, 0.4) is 0 Å². The molecule has 1 aromatic rings. The van der Waals surface area contributed by atoms with Crippen LogP contribution >= 0.6 is 11.6 Å². The van der Waals surface area contributed by atoms with Crippen LogP contribution in [0.15, 0.2) is 30.4 Å². The van der Waals surface area contributed by atoms with Crippen molar-refractivity contribution in [2.45, 2.75) is 6.54 Å².